The summed E-state index contributed by atoms with van der Waals surface area (Å²) < 4.78 is 0. The van der Waals surface area contributed by atoms with E-state index < -0.39 is 0 Å². The van der Waals surface area contributed by atoms with Gasteiger partial charge in [-0.2, -0.15) is 0 Å². The third kappa shape index (κ3) is 2.64. The van der Waals surface area contributed by atoms with Crippen molar-refractivity contribution in [2.75, 3.05) is 13.1 Å². The van der Waals surface area contributed by atoms with E-state index in [0.717, 1.165) is 11.7 Å². The zero-order chi connectivity index (χ0) is 9.97. The minimum Gasteiger partial charge on any atom is -0.401 e. The van der Waals surface area contributed by atoms with Gasteiger partial charge in [-0.05, 0) is 32.6 Å². The van der Waals surface area contributed by atoms with Crippen LogP contribution in [0.15, 0.2) is 11.9 Å². The van der Waals surface area contributed by atoms with Gasteiger partial charge in [0, 0.05) is 37.1 Å². The summed E-state index contributed by atoms with van der Waals surface area (Å²) in [6.45, 7) is 4.45. The molecule has 2 rings (SSSR count). The predicted octanol–water partition coefficient (Wildman–Crippen LogP) is 1.02. The Balaban J connectivity index is 1.69. The molecule has 1 saturated heterocycles. The average molecular weight is 195 g/mol. The molecule has 80 valence electrons. The van der Waals surface area contributed by atoms with Crippen molar-refractivity contribution in [1.29, 1.82) is 0 Å². The third-order valence-electron chi connectivity index (χ3n) is 3.14. The first-order chi connectivity index (χ1) is 6.75. The topological polar surface area (TPSA) is 41.3 Å². The molecule has 0 aromatic rings. The van der Waals surface area contributed by atoms with E-state index in [0.29, 0.717) is 6.04 Å². The van der Waals surface area contributed by atoms with Crippen molar-refractivity contribution in [3.63, 3.8) is 0 Å². The Labute approximate surface area is 86.3 Å². The van der Waals surface area contributed by atoms with Crippen LogP contribution in [0.1, 0.15) is 32.6 Å². The lowest BCUT2D eigenvalue weighted by Crippen LogP contribution is -2.41. The van der Waals surface area contributed by atoms with Crippen LogP contribution < -0.4 is 11.1 Å². The summed E-state index contributed by atoms with van der Waals surface area (Å²) in [6, 6.07) is 1.58. The van der Waals surface area contributed by atoms with Crippen LogP contribution in [-0.4, -0.2) is 30.1 Å². The van der Waals surface area contributed by atoms with Crippen LogP contribution in [0.4, 0.5) is 0 Å². The molecule has 3 heteroatoms. The van der Waals surface area contributed by atoms with Crippen molar-refractivity contribution in [2.24, 2.45) is 5.73 Å². The lowest BCUT2D eigenvalue weighted by molar-refractivity contribution is 0.195. The summed E-state index contributed by atoms with van der Waals surface area (Å²) in [7, 11) is 0. The van der Waals surface area contributed by atoms with Crippen molar-refractivity contribution >= 4 is 0 Å². The number of piperidine rings is 1. The number of hydrogen-bond acceptors (Lipinski definition) is 3. The Morgan fingerprint density at radius 3 is 2.43 bits per heavy atom. The Morgan fingerprint density at radius 2 is 1.93 bits per heavy atom. The highest BCUT2D eigenvalue weighted by molar-refractivity contribution is 4.94. The van der Waals surface area contributed by atoms with Crippen LogP contribution in [-0.2, 0) is 0 Å². The Kier molecular flexibility index (Phi) is 2.96. The van der Waals surface area contributed by atoms with Crippen molar-refractivity contribution in [3.8, 4) is 0 Å². The molecule has 14 heavy (non-hydrogen) atoms. The predicted molar refractivity (Wildman–Crippen MR) is 58.7 cm³/mol. The first-order valence-electron chi connectivity index (χ1n) is 5.68. The molecule has 1 saturated carbocycles. The van der Waals surface area contributed by atoms with Gasteiger partial charge >= 0.3 is 0 Å². The van der Waals surface area contributed by atoms with Gasteiger partial charge in [-0.25, -0.2) is 0 Å². The maximum atomic E-state index is 5.58. The van der Waals surface area contributed by atoms with E-state index >= 15 is 0 Å². The highest BCUT2D eigenvalue weighted by atomic mass is 15.2. The molecule has 0 unspecified atom stereocenters. The molecule has 1 aliphatic heterocycles. The summed E-state index contributed by atoms with van der Waals surface area (Å²) >= 11 is 0. The van der Waals surface area contributed by atoms with Gasteiger partial charge in [0.1, 0.15) is 0 Å². The maximum absolute atomic E-state index is 5.58. The molecule has 1 aliphatic carbocycles. The number of hydrogen-bond donors (Lipinski definition) is 2. The largest absolute Gasteiger partial charge is 0.401 e. The fourth-order valence-electron chi connectivity index (χ4n) is 2.12. The molecule has 3 N–H and O–H groups in total. The summed E-state index contributed by atoms with van der Waals surface area (Å²) in [5.41, 5.74) is 6.45. The van der Waals surface area contributed by atoms with E-state index in [1.54, 1.807) is 0 Å². The third-order valence-corrected chi connectivity index (χ3v) is 3.14. The van der Waals surface area contributed by atoms with E-state index in [-0.39, 0.29) is 0 Å². The van der Waals surface area contributed by atoms with E-state index in [2.05, 4.69) is 10.2 Å². The molecule has 0 aromatic carbocycles. The molecule has 3 nitrogen and oxygen atoms in total. The fraction of sp³-hybridized carbons (Fsp3) is 0.818. The van der Waals surface area contributed by atoms with Gasteiger partial charge in [0.05, 0.1) is 0 Å². The van der Waals surface area contributed by atoms with Crippen molar-refractivity contribution < 1.29 is 0 Å². The molecule has 0 atom stereocenters. The van der Waals surface area contributed by atoms with Crippen LogP contribution in [0.25, 0.3) is 0 Å². The van der Waals surface area contributed by atoms with Gasteiger partial charge in [-0.1, -0.05) is 0 Å². The van der Waals surface area contributed by atoms with Gasteiger partial charge in [-0.15, -0.1) is 0 Å². The maximum Gasteiger partial charge on any atom is 0.0280 e. The van der Waals surface area contributed by atoms with Gasteiger partial charge < -0.3 is 16.0 Å². The van der Waals surface area contributed by atoms with Crippen LogP contribution >= 0.6 is 0 Å². The summed E-state index contributed by atoms with van der Waals surface area (Å²) in [6.07, 6.45) is 7.33. The number of likely N-dealkylation sites (tertiary alicyclic amines) is 1. The van der Waals surface area contributed by atoms with E-state index in [1.165, 1.54) is 38.8 Å². The molecule has 2 aliphatic rings. The average Bonchev–Trinajstić information content (AvgIpc) is 2.99. The SMILES string of the molecule is CC(N)=CNC1CCN(C2CC2)CC1. The minimum absolute atomic E-state index is 0.642. The lowest BCUT2D eigenvalue weighted by atomic mass is 10.1. The van der Waals surface area contributed by atoms with Crippen LogP contribution in [0.2, 0.25) is 0 Å². The normalized spacial score (nSPS) is 26.5. The number of allylic oxidation sites excluding steroid dienone is 1. The Hall–Kier alpha value is -0.700. The van der Waals surface area contributed by atoms with E-state index in [1.807, 2.05) is 13.1 Å². The second-order valence-corrected chi connectivity index (χ2v) is 4.60. The Morgan fingerprint density at radius 1 is 1.29 bits per heavy atom. The molecule has 0 aromatic heterocycles. The second-order valence-electron chi connectivity index (χ2n) is 4.60. The molecule has 0 amide bonds. The summed E-state index contributed by atoms with van der Waals surface area (Å²) in [5, 5.41) is 3.39. The van der Waals surface area contributed by atoms with Crippen LogP contribution in [0.5, 0.6) is 0 Å². The molecule has 0 bridgehead atoms. The number of nitrogens with one attached hydrogen (secondary N) is 1. The van der Waals surface area contributed by atoms with Crippen molar-refractivity contribution in [2.45, 2.75) is 44.7 Å². The molecule has 2 fully saturated rings. The number of nitrogens with two attached hydrogens (primary N) is 1. The molecular weight excluding hydrogens is 174 g/mol. The quantitative estimate of drug-likeness (QED) is 0.706. The monoisotopic (exact) mass is 195 g/mol. The van der Waals surface area contributed by atoms with E-state index in [9.17, 15) is 0 Å². The van der Waals surface area contributed by atoms with Crippen molar-refractivity contribution in [3.05, 3.63) is 11.9 Å². The van der Waals surface area contributed by atoms with Gasteiger partial charge in [-0.3, -0.25) is 0 Å². The first kappa shape index (κ1) is 9.84. The smallest absolute Gasteiger partial charge is 0.0280 e. The van der Waals surface area contributed by atoms with Crippen LogP contribution in [0.3, 0.4) is 0 Å². The first-order valence-corrected chi connectivity index (χ1v) is 5.68. The van der Waals surface area contributed by atoms with Crippen molar-refractivity contribution in [1.82, 2.24) is 10.2 Å². The fourth-order valence-corrected chi connectivity index (χ4v) is 2.12. The molecule has 0 spiro atoms. The molecular formula is C11H21N3. The standard InChI is InChI=1S/C11H21N3/c1-9(12)8-13-10-4-6-14(7-5-10)11-2-3-11/h8,10-11,13H,2-7,12H2,1H3. The molecule has 0 radical (unpaired) electrons. The van der Waals surface area contributed by atoms with Gasteiger partial charge in [0.25, 0.3) is 0 Å². The lowest BCUT2D eigenvalue weighted by Gasteiger charge is -2.32. The van der Waals surface area contributed by atoms with Gasteiger partial charge in [0.2, 0.25) is 0 Å². The van der Waals surface area contributed by atoms with E-state index in [4.69, 9.17) is 5.73 Å². The summed E-state index contributed by atoms with van der Waals surface area (Å²) in [5.74, 6) is 0. The number of nitrogens with zero attached hydrogens (tertiary/aromatic N) is 1. The second kappa shape index (κ2) is 4.22. The zero-order valence-electron chi connectivity index (χ0n) is 9.00. The van der Waals surface area contributed by atoms with Gasteiger partial charge in [0.15, 0.2) is 0 Å². The minimum atomic E-state index is 0.642. The van der Waals surface area contributed by atoms with Crippen LogP contribution in [0, 0.1) is 0 Å². The summed E-state index contributed by atoms with van der Waals surface area (Å²) in [4.78, 5) is 2.64. The Bertz CT molecular complexity index is 209. The molecule has 1 heterocycles. The highest BCUT2D eigenvalue weighted by Crippen LogP contribution is 2.29. The number of rotatable bonds is 3. The highest BCUT2D eigenvalue weighted by Gasteiger charge is 2.31. The zero-order valence-corrected chi connectivity index (χ0v) is 9.00.